The van der Waals surface area contributed by atoms with Crippen LogP contribution >= 0.6 is 31.9 Å². The van der Waals surface area contributed by atoms with Crippen molar-refractivity contribution < 1.29 is 18.3 Å². The molecule has 0 aliphatic heterocycles. The summed E-state index contributed by atoms with van der Waals surface area (Å²) in [5.74, 6) is -1.18. The Balaban J connectivity index is 2.35. The van der Waals surface area contributed by atoms with E-state index in [1.165, 1.54) is 23.5 Å². The van der Waals surface area contributed by atoms with Crippen molar-refractivity contribution in [2.75, 3.05) is 7.05 Å². The van der Waals surface area contributed by atoms with Crippen molar-refractivity contribution in [3.05, 3.63) is 62.5 Å². The first-order valence-electron chi connectivity index (χ1n) is 6.45. The number of carboxylic acids is 1. The zero-order chi connectivity index (χ0) is 17.2. The van der Waals surface area contributed by atoms with E-state index in [4.69, 9.17) is 5.11 Å². The van der Waals surface area contributed by atoms with Crippen molar-refractivity contribution >= 4 is 47.9 Å². The van der Waals surface area contributed by atoms with Crippen LogP contribution in [0.5, 0.6) is 0 Å². The van der Waals surface area contributed by atoms with Gasteiger partial charge in [0.05, 0.1) is 10.5 Å². The van der Waals surface area contributed by atoms with Gasteiger partial charge in [-0.15, -0.1) is 0 Å². The normalized spacial score (nSPS) is 11.7. The smallest absolute Gasteiger partial charge is 0.335 e. The fourth-order valence-corrected chi connectivity index (χ4v) is 4.30. The summed E-state index contributed by atoms with van der Waals surface area (Å²) < 4.78 is 27.8. The minimum atomic E-state index is -3.82. The minimum Gasteiger partial charge on any atom is -0.478 e. The lowest BCUT2D eigenvalue weighted by Crippen LogP contribution is -2.27. The third kappa shape index (κ3) is 4.20. The zero-order valence-electron chi connectivity index (χ0n) is 12.0. The van der Waals surface area contributed by atoms with Gasteiger partial charge in [0.15, 0.2) is 0 Å². The molecule has 1 N–H and O–H groups in total. The molecule has 8 heteroatoms. The van der Waals surface area contributed by atoms with Crippen molar-refractivity contribution in [3.8, 4) is 0 Å². The molecule has 122 valence electrons. The maximum absolute atomic E-state index is 12.7. The summed E-state index contributed by atoms with van der Waals surface area (Å²) in [4.78, 5) is 11.0. The van der Waals surface area contributed by atoms with Gasteiger partial charge in [-0.3, -0.25) is 0 Å². The number of hydrogen-bond acceptors (Lipinski definition) is 3. The second-order valence-corrected chi connectivity index (χ2v) is 8.62. The molecule has 0 aromatic heterocycles. The van der Waals surface area contributed by atoms with Gasteiger partial charge in [-0.25, -0.2) is 13.2 Å². The molecule has 0 amide bonds. The van der Waals surface area contributed by atoms with Crippen molar-refractivity contribution in [1.82, 2.24) is 4.31 Å². The predicted octanol–water partition coefficient (Wildman–Crippen LogP) is 3.73. The predicted molar refractivity (Wildman–Crippen MR) is 93.9 cm³/mol. The van der Waals surface area contributed by atoms with E-state index in [0.717, 1.165) is 16.1 Å². The molecule has 2 rings (SSSR count). The van der Waals surface area contributed by atoms with E-state index >= 15 is 0 Å². The maximum atomic E-state index is 12.7. The van der Waals surface area contributed by atoms with E-state index in [1.54, 1.807) is 0 Å². The van der Waals surface area contributed by atoms with Gasteiger partial charge in [0, 0.05) is 22.5 Å². The number of rotatable bonds is 5. The van der Waals surface area contributed by atoms with Crippen molar-refractivity contribution in [2.24, 2.45) is 0 Å². The van der Waals surface area contributed by atoms with Crippen LogP contribution in [0, 0.1) is 0 Å². The molecule has 23 heavy (non-hydrogen) atoms. The minimum absolute atomic E-state index is 0.0722. The third-order valence-electron chi connectivity index (χ3n) is 3.18. The van der Waals surface area contributed by atoms with E-state index in [2.05, 4.69) is 31.9 Å². The van der Waals surface area contributed by atoms with Gasteiger partial charge < -0.3 is 5.11 Å². The monoisotopic (exact) mass is 461 g/mol. The molecule has 0 saturated carbocycles. The Kier molecular flexibility index (Phi) is 5.61. The standard InChI is InChI=1S/C15H13Br2NO4S/c1-18(9-10-2-5-12(16)6-3-10)23(21,22)14-8-11(15(19)20)4-7-13(14)17/h2-8H,9H2,1H3,(H,19,20). The Morgan fingerprint density at radius 1 is 1.13 bits per heavy atom. The van der Waals surface area contributed by atoms with Crippen molar-refractivity contribution in [3.63, 3.8) is 0 Å². The van der Waals surface area contributed by atoms with Crippen molar-refractivity contribution in [2.45, 2.75) is 11.4 Å². The molecule has 0 spiro atoms. The first-order chi connectivity index (χ1) is 10.7. The number of carboxylic acid groups (broad SMARTS) is 1. The number of carbonyl (C=O) groups is 1. The second kappa shape index (κ2) is 7.12. The largest absolute Gasteiger partial charge is 0.478 e. The summed E-state index contributed by atoms with van der Waals surface area (Å²) in [6, 6.07) is 11.2. The van der Waals surface area contributed by atoms with Crippen LogP contribution in [0.25, 0.3) is 0 Å². The number of hydrogen-bond donors (Lipinski definition) is 1. The van der Waals surface area contributed by atoms with Crippen LogP contribution in [-0.4, -0.2) is 30.8 Å². The Morgan fingerprint density at radius 3 is 2.30 bits per heavy atom. The molecular formula is C15H13Br2NO4S. The summed E-state index contributed by atoms with van der Waals surface area (Å²) in [6.07, 6.45) is 0. The highest BCUT2D eigenvalue weighted by Crippen LogP contribution is 2.27. The molecule has 0 heterocycles. The number of benzene rings is 2. The van der Waals surface area contributed by atoms with E-state index in [1.807, 2.05) is 24.3 Å². The topological polar surface area (TPSA) is 74.7 Å². The highest BCUT2D eigenvalue weighted by molar-refractivity contribution is 9.10. The van der Waals surface area contributed by atoms with E-state index in [0.29, 0.717) is 4.47 Å². The molecule has 0 saturated heterocycles. The van der Waals surface area contributed by atoms with Crippen LogP contribution in [0.3, 0.4) is 0 Å². The van der Waals surface area contributed by atoms with Crippen LogP contribution in [-0.2, 0) is 16.6 Å². The van der Waals surface area contributed by atoms with E-state index < -0.39 is 16.0 Å². The number of aromatic carboxylic acids is 1. The van der Waals surface area contributed by atoms with Crippen LogP contribution in [0.15, 0.2) is 56.3 Å². The molecule has 0 unspecified atom stereocenters. The first-order valence-corrected chi connectivity index (χ1v) is 9.48. The summed E-state index contributed by atoms with van der Waals surface area (Å²) in [7, 11) is -2.37. The lowest BCUT2D eigenvalue weighted by Gasteiger charge is -2.18. The lowest BCUT2D eigenvalue weighted by atomic mass is 10.2. The Hall–Kier alpha value is -1.22. The molecule has 0 aliphatic carbocycles. The van der Waals surface area contributed by atoms with Gasteiger partial charge in [0.2, 0.25) is 10.0 Å². The number of halogens is 2. The molecule has 5 nitrogen and oxygen atoms in total. The van der Waals surface area contributed by atoms with Gasteiger partial charge in [-0.05, 0) is 51.8 Å². The number of sulfonamides is 1. The van der Waals surface area contributed by atoms with E-state index in [9.17, 15) is 13.2 Å². The SMILES string of the molecule is CN(Cc1ccc(Br)cc1)S(=O)(=O)c1cc(C(=O)O)ccc1Br. The Bertz CT molecular complexity index is 835. The van der Waals surface area contributed by atoms with Gasteiger partial charge in [0.25, 0.3) is 0 Å². The molecule has 2 aromatic rings. The van der Waals surface area contributed by atoms with Crippen LogP contribution < -0.4 is 0 Å². The fourth-order valence-electron chi connectivity index (χ4n) is 1.93. The quantitative estimate of drug-likeness (QED) is 0.734. The third-order valence-corrected chi connectivity index (χ3v) is 6.51. The van der Waals surface area contributed by atoms with Crippen LogP contribution in [0.4, 0.5) is 0 Å². The lowest BCUT2D eigenvalue weighted by molar-refractivity contribution is 0.0696. The first kappa shape index (κ1) is 18.1. The van der Waals surface area contributed by atoms with Crippen molar-refractivity contribution in [1.29, 1.82) is 0 Å². The summed E-state index contributed by atoms with van der Waals surface area (Å²) >= 11 is 6.50. The fraction of sp³-hybridized carbons (Fsp3) is 0.133. The van der Waals surface area contributed by atoms with Gasteiger partial charge in [-0.1, -0.05) is 28.1 Å². The zero-order valence-corrected chi connectivity index (χ0v) is 16.0. The molecule has 2 aromatic carbocycles. The molecule has 0 atom stereocenters. The Morgan fingerprint density at radius 2 is 1.74 bits per heavy atom. The molecule has 0 aliphatic rings. The average molecular weight is 463 g/mol. The van der Waals surface area contributed by atoms with Crippen LogP contribution in [0.2, 0.25) is 0 Å². The summed E-state index contributed by atoms with van der Waals surface area (Å²) in [5, 5.41) is 9.04. The Labute approximate surface area is 151 Å². The van der Waals surface area contributed by atoms with Crippen LogP contribution in [0.1, 0.15) is 15.9 Å². The highest BCUT2D eigenvalue weighted by Gasteiger charge is 2.24. The summed E-state index contributed by atoms with van der Waals surface area (Å²) in [6.45, 7) is 0.180. The summed E-state index contributed by atoms with van der Waals surface area (Å²) in [5.41, 5.74) is 0.744. The van der Waals surface area contributed by atoms with Gasteiger partial charge >= 0.3 is 5.97 Å². The van der Waals surface area contributed by atoms with E-state index in [-0.39, 0.29) is 17.0 Å². The maximum Gasteiger partial charge on any atom is 0.335 e. The molecule has 0 radical (unpaired) electrons. The van der Waals surface area contributed by atoms with Gasteiger partial charge in [0.1, 0.15) is 0 Å². The highest BCUT2D eigenvalue weighted by atomic mass is 79.9. The average Bonchev–Trinajstić information content (AvgIpc) is 2.49. The number of nitrogens with zero attached hydrogens (tertiary/aromatic N) is 1. The van der Waals surface area contributed by atoms with Gasteiger partial charge in [-0.2, -0.15) is 4.31 Å². The molecular weight excluding hydrogens is 450 g/mol. The second-order valence-electron chi connectivity index (χ2n) is 4.84. The molecule has 0 bridgehead atoms. The molecule has 0 fully saturated rings.